The second kappa shape index (κ2) is 8.06. The highest BCUT2D eigenvalue weighted by Crippen LogP contribution is 2.35. The van der Waals surface area contributed by atoms with Crippen molar-refractivity contribution in [3.8, 4) is 0 Å². The molecule has 1 aliphatic carbocycles. The molecule has 2 aromatic rings. The lowest BCUT2D eigenvalue weighted by Crippen LogP contribution is -2.42. The van der Waals surface area contributed by atoms with Crippen LogP contribution in [-0.4, -0.2) is 19.8 Å². The summed E-state index contributed by atoms with van der Waals surface area (Å²) in [5, 5.41) is 2.75. The zero-order valence-electron chi connectivity index (χ0n) is 16.4. The number of aryl methyl sites for hydroxylation is 1. The van der Waals surface area contributed by atoms with Crippen LogP contribution in [0.1, 0.15) is 61.3 Å². The van der Waals surface area contributed by atoms with E-state index in [1.807, 2.05) is 34.0 Å². The topological polar surface area (TPSA) is 69.1 Å². The average molecular weight is 426 g/mol. The van der Waals surface area contributed by atoms with Crippen LogP contribution in [0, 0.1) is 5.82 Å². The lowest BCUT2D eigenvalue weighted by atomic mass is 9.90. The molecule has 1 aromatic carbocycles. The molecule has 0 spiro atoms. The van der Waals surface area contributed by atoms with Gasteiger partial charge in [-0.2, -0.15) is 0 Å². The molecule has 2 N–H and O–H groups in total. The summed E-state index contributed by atoms with van der Waals surface area (Å²) in [7, 11) is 1.82. The number of hydrogen-bond donors (Lipinski definition) is 2. The van der Waals surface area contributed by atoms with E-state index in [4.69, 9.17) is 11.6 Å². The van der Waals surface area contributed by atoms with Crippen LogP contribution in [0.5, 0.6) is 0 Å². The lowest BCUT2D eigenvalue weighted by Gasteiger charge is -2.30. The van der Waals surface area contributed by atoms with Crippen molar-refractivity contribution in [2.24, 2.45) is 7.05 Å². The molecule has 0 fully saturated rings. The van der Waals surface area contributed by atoms with Gasteiger partial charge in [-0.05, 0) is 69.4 Å². The normalized spacial score (nSPS) is 17.9. The van der Waals surface area contributed by atoms with E-state index in [0.717, 1.165) is 30.4 Å². The van der Waals surface area contributed by atoms with Crippen molar-refractivity contribution >= 4 is 34.6 Å². The maximum absolute atomic E-state index is 13.3. The molecule has 1 aliphatic rings. The van der Waals surface area contributed by atoms with Gasteiger partial charge in [0.2, 0.25) is 0 Å². The molecular weight excluding hydrogens is 401 g/mol. The van der Waals surface area contributed by atoms with Gasteiger partial charge >= 0.3 is 0 Å². The number of halogens is 2. The Morgan fingerprint density at radius 3 is 2.75 bits per heavy atom. The molecular formula is C20H25ClFN3O2S. The molecule has 1 aromatic heterocycles. The molecule has 8 heteroatoms. The van der Waals surface area contributed by atoms with Crippen molar-refractivity contribution in [2.75, 3.05) is 5.32 Å². The number of nitrogens with one attached hydrogen (secondary N) is 2. The van der Waals surface area contributed by atoms with Gasteiger partial charge in [0.1, 0.15) is 16.3 Å². The molecule has 3 rings (SSSR count). The number of amides is 1. The van der Waals surface area contributed by atoms with Crippen LogP contribution in [0.3, 0.4) is 0 Å². The van der Waals surface area contributed by atoms with Crippen LogP contribution in [0.25, 0.3) is 0 Å². The monoisotopic (exact) mass is 425 g/mol. The Hall–Kier alpha value is -1.54. The summed E-state index contributed by atoms with van der Waals surface area (Å²) in [5.41, 5.74) is 2.96. The van der Waals surface area contributed by atoms with Crippen molar-refractivity contribution in [1.29, 1.82) is 0 Å². The number of carbonyl (C=O) groups excluding carboxylic acids is 1. The van der Waals surface area contributed by atoms with Crippen LogP contribution < -0.4 is 10.0 Å². The van der Waals surface area contributed by atoms with Gasteiger partial charge in [-0.1, -0.05) is 11.6 Å². The number of carbonyl (C=O) groups is 1. The number of benzene rings is 1. The van der Waals surface area contributed by atoms with Crippen molar-refractivity contribution in [1.82, 2.24) is 9.29 Å². The Balaban J connectivity index is 1.85. The smallest absolute Gasteiger partial charge is 0.272 e. The fraction of sp³-hybridized carbons (Fsp3) is 0.450. The fourth-order valence-corrected chi connectivity index (χ4v) is 4.43. The first kappa shape index (κ1) is 21.2. The molecule has 0 radical (unpaired) electrons. The Labute approximate surface area is 173 Å². The summed E-state index contributed by atoms with van der Waals surface area (Å²) in [6, 6.07) is 4.03. The predicted molar refractivity (Wildman–Crippen MR) is 111 cm³/mol. The minimum absolute atomic E-state index is 0.0411. The Bertz CT molecular complexity index is 894. The number of fused-ring (bicyclic) bond motifs is 1. The van der Waals surface area contributed by atoms with Gasteiger partial charge < -0.3 is 14.4 Å². The van der Waals surface area contributed by atoms with E-state index >= 15 is 0 Å². The quantitative estimate of drug-likeness (QED) is 0.708. The van der Waals surface area contributed by atoms with Crippen molar-refractivity contribution in [3.63, 3.8) is 0 Å². The van der Waals surface area contributed by atoms with E-state index in [-0.39, 0.29) is 21.7 Å². The third kappa shape index (κ3) is 4.38. The van der Waals surface area contributed by atoms with Gasteiger partial charge in [0.25, 0.3) is 5.91 Å². The van der Waals surface area contributed by atoms with Crippen molar-refractivity contribution < 1.29 is 13.7 Å². The molecule has 1 amide bonds. The van der Waals surface area contributed by atoms with Gasteiger partial charge in [0.05, 0.1) is 11.1 Å². The molecule has 0 aliphatic heterocycles. The number of nitrogens with zero attached hydrogens (tertiary/aromatic N) is 1. The zero-order valence-corrected chi connectivity index (χ0v) is 18.0. The molecule has 28 heavy (non-hydrogen) atoms. The summed E-state index contributed by atoms with van der Waals surface area (Å²) in [6.07, 6.45) is 4.48. The highest BCUT2D eigenvalue weighted by molar-refractivity contribution is 7.90. The van der Waals surface area contributed by atoms with Crippen LogP contribution in [-0.2, 0) is 24.8 Å². The third-order valence-corrected chi connectivity index (χ3v) is 6.71. The highest BCUT2D eigenvalue weighted by Gasteiger charge is 2.34. The van der Waals surface area contributed by atoms with Gasteiger partial charge in [-0.25, -0.2) is 4.39 Å². The number of anilines is 1. The first-order valence-corrected chi connectivity index (χ1v) is 10.7. The Morgan fingerprint density at radius 1 is 1.39 bits per heavy atom. The minimum Gasteiger partial charge on any atom is -0.598 e. The second-order valence-electron chi connectivity index (χ2n) is 8.05. The van der Waals surface area contributed by atoms with Gasteiger partial charge in [-0.15, -0.1) is 4.72 Å². The van der Waals surface area contributed by atoms with Crippen LogP contribution in [0.2, 0.25) is 5.02 Å². The van der Waals surface area contributed by atoms with E-state index in [1.54, 1.807) is 4.57 Å². The van der Waals surface area contributed by atoms with E-state index < -0.39 is 17.2 Å². The standard InChI is InChI=1S/C20H25ClFN3O2S/c1-20(2,3)28(27)24-17-7-5-6-13-14(17)11-25(4)18(13)19(26)23-12-8-9-16(22)15(21)10-12/h8-11,17,24H,5-7H2,1-4H3,(H,23,26)/t17-,28?/m1/s1. The molecule has 152 valence electrons. The largest absolute Gasteiger partial charge is 0.598 e. The van der Waals surface area contributed by atoms with Crippen molar-refractivity contribution in [2.45, 2.75) is 50.8 Å². The number of hydrogen-bond acceptors (Lipinski definition) is 3. The maximum Gasteiger partial charge on any atom is 0.272 e. The molecule has 0 saturated heterocycles. The Kier molecular flexibility index (Phi) is 6.10. The van der Waals surface area contributed by atoms with Gasteiger partial charge in [-0.3, -0.25) is 4.79 Å². The summed E-state index contributed by atoms with van der Waals surface area (Å²) in [6.45, 7) is 5.78. The summed E-state index contributed by atoms with van der Waals surface area (Å²) in [4.78, 5) is 12.9. The van der Waals surface area contributed by atoms with Crippen LogP contribution in [0.4, 0.5) is 10.1 Å². The second-order valence-corrected chi connectivity index (χ2v) is 10.5. The van der Waals surface area contributed by atoms with Crippen LogP contribution >= 0.6 is 11.6 Å². The first-order chi connectivity index (χ1) is 13.1. The van der Waals surface area contributed by atoms with Gasteiger partial charge in [0.15, 0.2) is 0 Å². The molecule has 1 heterocycles. The molecule has 5 nitrogen and oxygen atoms in total. The van der Waals surface area contributed by atoms with E-state index in [1.165, 1.54) is 18.2 Å². The van der Waals surface area contributed by atoms with E-state index in [9.17, 15) is 13.7 Å². The van der Waals surface area contributed by atoms with Gasteiger partial charge in [0, 0.05) is 30.3 Å². The summed E-state index contributed by atoms with van der Waals surface area (Å²) < 4.78 is 30.5. The maximum atomic E-state index is 13.3. The summed E-state index contributed by atoms with van der Waals surface area (Å²) >= 11 is 4.61. The van der Waals surface area contributed by atoms with E-state index in [2.05, 4.69) is 10.0 Å². The molecule has 0 bridgehead atoms. The van der Waals surface area contributed by atoms with E-state index in [0.29, 0.717) is 11.4 Å². The molecule has 1 unspecified atom stereocenters. The molecule has 2 atom stereocenters. The highest BCUT2D eigenvalue weighted by atomic mass is 35.5. The lowest BCUT2D eigenvalue weighted by molar-refractivity contribution is 0.101. The average Bonchev–Trinajstić information content (AvgIpc) is 2.94. The summed E-state index contributed by atoms with van der Waals surface area (Å²) in [5.74, 6) is -0.805. The Morgan fingerprint density at radius 2 is 2.11 bits per heavy atom. The minimum atomic E-state index is -1.20. The fourth-order valence-electron chi connectivity index (χ4n) is 3.39. The first-order valence-electron chi connectivity index (χ1n) is 9.20. The van der Waals surface area contributed by atoms with Crippen LogP contribution in [0.15, 0.2) is 24.4 Å². The predicted octanol–water partition coefficient (Wildman–Crippen LogP) is 4.50. The number of rotatable bonds is 4. The molecule has 0 saturated carbocycles. The number of aromatic nitrogens is 1. The third-order valence-electron chi connectivity index (χ3n) is 4.81. The van der Waals surface area contributed by atoms with Crippen molar-refractivity contribution in [3.05, 3.63) is 52.1 Å². The zero-order chi connectivity index (χ0) is 20.6. The SMILES string of the molecule is Cn1cc2c(c1C(=O)Nc1ccc(F)c(Cl)c1)CCC[C@H]2N[S+]([O-])C(C)(C)C.